The smallest absolute Gasteiger partial charge is 0.138 e. The molecule has 1 atom stereocenters. The Morgan fingerprint density at radius 1 is 1.57 bits per heavy atom. The van der Waals surface area contributed by atoms with Gasteiger partial charge < -0.3 is 20.3 Å². The Labute approximate surface area is 82.2 Å². The lowest BCUT2D eigenvalue weighted by Gasteiger charge is -2.16. The molecule has 0 amide bonds. The summed E-state index contributed by atoms with van der Waals surface area (Å²) in [5.74, 6) is -1.00. The summed E-state index contributed by atoms with van der Waals surface area (Å²) in [6.07, 6.45) is -0.0890. The minimum Gasteiger partial charge on any atom is -0.550 e. The SMILES string of the molecule is C[C@@H](CC(=O)[O-])Nc1ccccc1O. The zero-order valence-electron chi connectivity index (χ0n) is 7.86. The number of nitrogens with one attached hydrogen (secondary N) is 1. The summed E-state index contributed by atoms with van der Waals surface area (Å²) in [4.78, 5) is 10.3. The number of carbonyl (C=O) groups excluding carboxylic acids is 1. The molecular formula is C10H12NO3-. The first kappa shape index (κ1) is 10.4. The molecule has 0 spiro atoms. The molecule has 76 valence electrons. The van der Waals surface area contributed by atoms with Crippen molar-refractivity contribution in [2.24, 2.45) is 0 Å². The quantitative estimate of drug-likeness (QED) is 0.677. The van der Waals surface area contributed by atoms with E-state index in [-0.39, 0.29) is 18.2 Å². The zero-order valence-corrected chi connectivity index (χ0v) is 7.86. The first-order valence-corrected chi connectivity index (χ1v) is 4.34. The minimum absolute atomic E-state index is 0.0890. The maximum absolute atomic E-state index is 10.3. The average Bonchev–Trinajstić information content (AvgIpc) is 2.07. The number of phenols is 1. The molecule has 4 heteroatoms. The average molecular weight is 194 g/mol. The highest BCUT2D eigenvalue weighted by Crippen LogP contribution is 2.22. The van der Waals surface area contributed by atoms with Crippen molar-refractivity contribution in [3.8, 4) is 5.75 Å². The first-order chi connectivity index (χ1) is 6.59. The summed E-state index contributed by atoms with van der Waals surface area (Å²) in [5, 5.41) is 22.5. The van der Waals surface area contributed by atoms with Crippen LogP contribution in [0.3, 0.4) is 0 Å². The Morgan fingerprint density at radius 3 is 2.79 bits per heavy atom. The fraction of sp³-hybridized carbons (Fsp3) is 0.300. The van der Waals surface area contributed by atoms with Gasteiger partial charge in [0, 0.05) is 18.4 Å². The maximum Gasteiger partial charge on any atom is 0.138 e. The molecule has 1 aromatic rings. The van der Waals surface area contributed by atoms with Crippen LogP contribution in [-0.4, -0.2) is 17.1 Å². The number of para-hydroxylation sites is 2. The van der Waals surface area contributed by atoms with Gasteiger partial charge in [0.15, 0.2) is 0 Å². The predicted molar refractivity (Wildman–Crippen MR) is 50.8 cm³/mol. The number of rotatable bonds is 4. The molecule has 2 N–H and O–H groups in total. The van der Waals surface area contributed by atoms with Crippen molar-refractivity contribution in [2.45, 2.75) is 19.4 Å². The second-order valence-electron chi connectivity index (χ2n) is 3.14. The van der Waals surface area contributed by atoms with E-state index < -0.39 is 5.97 Å². The highest BCUT2D eigenvalue weighted by atomic mass is 16.4. The number of aromatic hydroxyl groups is 1. The molecule has 0 aromatic heterocycles. The molecular weight excluding hydrogens is 182 g/mol. The van der Waals surface area contributed by atoms with E-state index in [0.717, 1.165) is 0 Å². The molecule has 1 aromatic carbocycles. The lowest BCUT2D eigenvalue weighted by Crippen LogP contribution is -2.29. The van der Waals surface area contributed by atoms with Gasteiger partial charge in [-0.25, -0.2) is 0 Å². The summed E-state index contributed by atoms with van der Waals surface area (Å²) in [6.45, 7) is 1.71. The fourth-order valence-corrected chi connectivity index (χ4v) is 1.16. The first-order valence-electron chi connectivity index (χ1n) is 4.34. The number of benzene rings is 1. The number of carboxylic acids is 1. The number of carbonyl (C=O) groups is 1. The van der Waals surface area contributed by atoms with Gasteiger partial charge in [0.05, 0.1) is 5.69 Å². The largest absolute Gasteiger partial charge is 0.550 e. The van der Waals surface area contributed by atoms with Crippen LogP contribution in [0.15, 0.2) is 24.3 Å². The Morgan fingerprint density at radius 2 is 2.21 bits per heavy atom. The molecule has 0 saturated heterocycles. The predicted octanol–water partition coefficient (Wildman–Crippen LogP) is 0.333. The lowest BCUT2D eigenvalue weighted by atomic mass is 10.2. The Kier molecular flexibility index (Phi) is 3.34. The molecule has 14 heavy (non-hydrogen) atoms. The van der Waals surface area contributed by atoms with E-state index in [1.807, 2.05) is 0 Å². The van der Waals surface area contributed by atoms with E-state index in [9.17, 15) is 15.0 Å². The lowest BCUT2D eigenvalue weighted by molar-refractivity contribution is -0.305. The Balaban J connectivity index is 2.60. The second-order valence-corrected chi connectivity index (χ2v) is 3.14. The molecule has 0 aliphatic heterocycles. The van der Waals surface area contributed by atoms with E-state index in [2.05, 4.69) is 5.32 Å². The molecule has 0 aliphatic rings. The Bertz CT molecular complexity index is 325. The molecule has 0 unspecified atom stereocenters. The second kappa shape index (κ2) is 4.50. The monoisotopic (exact) mass is 194 g/mol. The van der Waals surface area contributed by atoms with Gasteiger partial charge in [-0.3, -0.25) is 0 Å². The van der Waals surface area contributed by atoms with Crippen LogP contribution in [0.25, 0.3) is 0 Å². The van der Waals surface area contributed by atoms with Crippen LogP contribution in [0.4, 0.5) is 5.69 Å². The van der Waals surface area contributed by atoms with Gasteiger partial charge >= 0.3 is 0 Å². The fourth-order valence-electron chi connectivity index (χ4n) is 1.16. The topological polar surface area (TPSA) is 72.4 Å². The number of aliphatic carboxylic acids is 1. The standard InChI is InChI=1S/C10H13NO3/c1-7(6-10(13)14)11-8-4-2-3-5-9(8)12/h2-5,7,11-12H,6H2,1H3,(H,13,14)/p-1/t7-/m0/s1. The van der Waals surface area contributed by atoms with Crippen molar-refractivity contribution < 1.29 is 15.0 Å². The van der Waals surface area contributed by atoms with Gasteiger partial charge in [0.2, 0.25) is 0 Å². The molecule has 0 heterocycles. The van der Waals surface area contributed by atoms with Gasteiger partial charge in [0.25, 0.3) is 0 Å². The van der Waals surface area contributed by atoms with E-state index in [0.29, 0.717) is 5.69 Å². The van der Waals surface area contributed by atoms with Crippen LogP contribution in [0, 0.1) is 0 Å². The summed E-state index contributed by atoms with van der Waals surface area (Å²) < 4.78 is 0. The molecule has 1 rings (SSSR count). The van der Waals surface area contributed by atoms with Crippen LogP contribution >= 0.6 is 0 Å². The van der Waals surface area contributed by atoms with Crippen LogP contribution in [0.2, 0.25) is 0 Å². The normalized spacial score (nSPS) is 12.1. The molecule has 4 nitrogen and oxygen atoms in total. The number of carboxylic acid groups (broad SMARTS) is 1. The highest BCUT2D eigenvalue weighted by molar-refractivity contribution is 5.66. The molecule has 0 saturated carbocycles. The van der Waals surface area contributed by atoms with Gasteiger partial charge in [-0.2, -0.15) is 0 Å². The van der Waals surface area contributed by atoms with E-state index in [1.54, 1.807) is 25.1 Å². The van der Waals surface area contributed by atoms with Crippen molar-refractivity contribution in [3.05, 3.63) is 24.3 Å². The van der Waals surface area contributed by atoms with Crippen LogP contribution in [0.1, 0.15) is 13.3 Å². The number of hydrogen-bond acceptors (Lipinski definition) is 4. The number of anilines is 1. The molecule has 0 radical (unpaired) electrons. The van der Waals surface area contributed by atoms with Gasteiger partial charge in [-0.15, -0.1) is 0 Å². The van der Waals surface area contributed by atoms with Crippen LogP contribution in [-0.2, 0) is 4.79 Å². The zero-order chi connectivity index (χ0) is 10.6. The van der Waals surface area contributed by atoms with Crippen molar-refractivity contribution in [1.82, 2.24) is 0 Å². The number of hydrogen-bond donors (Lipinski definition) is 2. The maximum atomic E-state index is 10.3. The van der Waals surface area contributed by atoms with Gasteiger partial charge in [-0.05, 0) is 19.1 Å². The van der Waals surface area contributed by atoms with Crippen molar-refractivity contribution in [3.63, 3.8) is 0 Å². The van der Waals surface area contributed by atoms with Crippen LogP contribution in [0.5, 0.6) is 5.75 Å². The van der Waals surface area contributed by atoms with Crippen LogP contribution < -0.4 is 10.4 Å². The van der Waals surface area contributed by atoms with Crippen molar-refractivity contribution >= 4 is 11.7 Å². The number of phenolic OH excluding ortho intramolecular Hbond substituents is 1. The van der Waals surface area contributed by atoms with E-state index in [1.165, 1.54) is 6.07 Å². The summed E-state index contributed by atoms with van der Waals surface area (Å²) in [6, 6.07) is 6.40. The van der Waals surface area contributed by atoms with Crippen molar-refractivity contribution in [1.29, 1.82) is 0 Å². The van der Waals surface area contributed by atoms with Crippen molar-refractivity contribution in [2.75, 3.05) is 5.32 Å². The highest BCUT2D eigenvalue weighted by Gasteiger charge is 2.04. The Hall–Kier alpha value is -1.71. The third-order valence-corrected chi connectivity index (χ3v) is 1.78. The summed E-state index contributed by atoms with van der Waals surface area (Å²) in [5.41, 5.74) is 0.529. The van der Waals surface area contributed by atoms with E-state index in [4.69, 9.17) is 0 Å². The summed E-state index contributed by atoms with van der Waals surface area (Å²) in [7, 11) is 0. The summed E-state index contributed by atoms with van der Waals surface area (Å²) >= 11 is 0. The minimum atomic E-state index is -1.11. The molecule has 0 fully saturated rings. The molecule has 0 bridgehead atoms. The molecule has 0 aliphatic carbocycles. The van der Waals surface area contributed by atoms with Gasteiger partial charge in [-0.1, -0.05) is 12.1 Å². The third kappa shape index (κ3) is 2.97. The third-order valence-electron chi connectivity index (χ3n) is 1.78. The van der Waals surface area contributed by atoms with Gasteiger partial charge in [0.1, 0.15) is 5.75 Å². The van der Waals surface area contributed by atoms with E-state index >= 15 is 0 Å².